The highest BCUT2D eigenvalue weighted by atomic mass is 19.1. The third-order valence-corrected chi connectivity index (χ3v) is 2.39. The number of hydrogen-bond acceptors (Lipinski definition) is 3. The zero-order valence-corrected chi connectivity index (χ0v) is 8.84. The van der Waals surface area contributed by atoms with Gasteiger partial charge in [-0.05, 0) is 12.1 Å². The Balaban J connectivity index is 2.11. The SMILES string of the molecule is Cn1ccnc1CC(O)c1ccc(F)cn1. The van der Waals surface area contributed by atoms with Crippen LogP contribution in [0.25, 0.3) is 0 Å². The molecule has 84 valence electrons. The van der Waals surface area contributed by atoms with E-state index in [1.807, 2.05) is 11.6 Å². The number of aromatic nitrogens is 3. The lowest BCUT2D eigenvalue weighted by Crippen LogP contribution is -2.08. The molecule has 2 aromatic heterocycles. The second kappa shape index (κ2) is 4.40. The minimum atomic E-state index is -0.762. The van der Waals surface area contributed by atoms with E-state index in [1.54, 1.807) is 12.4 Å². The first-order valence-electron chi connectivity index (χ1n) is 4.92. The minimum absolute atomic E-state index is 0.363. The molecule has 0 bridgehead atoms. The van der Waals surface area contributed by atoms with E-state index in [2.05, 4.69) is 9.97 Å². The van der Waals surface area contributed by atoms with Crippen molar-refractivity contribution in [1.29, 1.82) is 0 Å². The number of nitrogens with zero attached hydrogens (tertiary/aromatic N) is 3. The number of aliphatic hydroxyl groups excluding tert-OH is 1. The van der Waals surface area contributed by atoms with Crippen molar-refractivity contribution < 1.29 is 9.50 Å². The second-order valence-corrected chi connectivity index (χ2v) is 3.58. The molecule has 1 unspecified atom stereocenters. The Morgan fingerprint density at radius 2 is 2.25 bits per heavy atom. The largest absolute Gasteiger partial charge is 0.386 e. The Labute approximate surface area is 92.4 Å². The van der Waals surface area contributed by atoms with Gasteiger partial charge in [-0.15, -0.1) is 0 Å². The molecular formula is C11H12FN3O. The molecule has 2 aromatic rings. The highest BCUT2D eigenvalue weighted by Gasteiger charge is 2.12. The normalized spacial score (nSPS) is 12.7. The van der Waals surface area contributed by atoms with E-state index in [-0.39, 0.29) is 0 Å². The molecule has 0 aliphatic heterocycles. The number of imidazole rings is 1. The first-order chi connectivity index (χ1) is 7.66. The minimum Gasteiger partial charge on any atom is -0.386 e. The van der Waals surface area contributed by atoms with Crippen LogP contribution in [0.4, 0.5) is 4.39 Å². The highest BCUT2D eigenvalue weighted by Crippen LogP contribution is 2.14. The molecule has 2 heterocycles. The fourth-order valence-electron chi connectivity index (χ4n) is 1.46. The van der Waals surface area contributed by atoms with Crippen molar-refractivity contribution >= 4 is 0 Å². The van der Waals surface area contributed by atoms with Crippen LogP contribution in [0.15, 0.2) is 30.7 Å². The second-order valence-electron chi connectivity index (χ2n) is 3.58. The third kappa shape index (κ3) is 2.25. The summed E-state index contributed by atoms with van der Waals surface area (Å²) in [5.41, 5.74) is 0.449. The first kappa shape index (κ1) is 10.8. The van der Waals surface area contributed by atoms with Gasteiger partial charge in [0.05, 0.1) is 11.9 Å². The Morgan fingerprint density at radius 1 is 1.44 bits per heavy atom. The summed E-state index contributed by atoms with van der Waals surface area (Å²) in [4.78, 5) is 7.93. The summed E-state index contributed by atoms with van der Waals surface area (Å²) in [5, 5.41) is 9.87. The van der Waals surface area contributed by atoms with Crippen molar-refractivity contribution in [3.05, 3.63) is 48.1 Å². The van der Waals surface area contributed by atoms with Gasteiger partial charge in [-0.1, -0.05) is 0 Å². The van der Waals surface area contributed by atoms with Crippen LogP contribution in [0.3, 0.4) is 0 Å². The fourth-order valence-corrected chi connectivity index (χ4v) is 1.46. The molecule has 0 aromatic carbocycles. The molecule has 0 fully saturated rings. The van der Waals surface area contributed by atoms with E-state index < -0.39 is 11.9 Å². The standard InChI is InChI=1S/C11H12FN3O/c1-15-5-4-13-11(15)6-10(16)9-3-2-8(12)7-14-9/h2-5,7,10,16H,6H2,1H3. The van der Waals surface area contributed by atoms with Gasteiger partial charge in [-0.2, -0.15) is 0 Å². The quantitative estimate of drug-likeness (QED) is 0.848. The van der Waals surface area contributed by atoms with E-state index >= 15 is 0 Å². The summed E-state index contributed by atoms with van der Waals surface area (Å²) < 4.78 is 14.5. The van der Waals surface area contributed by atoms with Crippen LogP contribution >= 0.6 is 0 Å². The van der Waals surface area contributed by atoms with Gasteiger partial charge in [0.1, 0.15) is 17.7 Å². The number of halogens is 1. The van der Waals surface area contributed by atoms with Crippen molar-refractivity contribution in [2.24, 2.45) is 7.05 Å². The smallest absolute Gasteiger partial charge is 0.141 e. The van der Waals surface area contributed by atoms with Gasteiger partial charge in [0.15, 0.2) is 0 Å². The van der Waals surface area contributed by atoms with Gasteiger partial charge < -0.3 is 9.67 Å². The van der Waals surface area contributed by atoms with Gasteiger partial charge in [-0.3, -0.25) is 4.98 Å². The zero-order valence-electron chi connectivity index (χ0n) is 8.84. The van der Waals surface area contributed by atoms with Crippen LogP contribution in [-0.2, 0) is 13.5 Å². The summed E-state index contributed by atoms with van der Waals surface area (Å²) >= 11 is 0. The molecule has 0 saturated carbocycles. The number of pyridine rings is 1. The number of rotatable bonds is 3. The lowest BCUT2D eigenvalue weighted by Gasteiger charge is -2.09. The van der Waals surface area contributed by atoms with Crippen LogP contribution in [0.2, 0.25) is 0 Å². The van der Waals surface area contributed by atoms with Gasteiger partial charge in [0, 0.05) is 25.9 Å². The summed E-state index contributed by atoms with van der Waals surface area (Å²) in [5.74, 6) is 0.353. The van der Waals surface area contributed by atoms with Crippen LogP contribution in [0.1, 0.15) is 17.6 Å². The van der Waals surface area contributed by atoms with Crippen molar-refractivity contribution in [2.45, 2.75) is 12.5 Å². The van der Waals surface area contributed by atoms with E-state index in [4.69, 9.17) is 0 Å². The molecule has 5 heteroatoms. The monoisotopic (exact) mass is 221 g/mol. The molecule has 0 aliphatic rings. The Kier molecular flexibility index (Phi) is 2.96. The summed E-state index contributed by atoms with van der Waals surface area (Å²) in [6.07, 6.45) is 4.17. The number of aryl methyl sites for hydroxylation is 1. The summed E-state index contributed by atoms with van der Waals surface area (Å²) in [6, 6.07) is 2.76. The average molecular weight is 221 g/mol. The highest BCUT2D eigenvalue weighted by molar-refractivity contribution is 5.10. The molecule has 0 radical (unpaired) electrons. The maximum Gasteiger partial charge on any atom is 0.141 e. The van der Waals surface area contributed by atoms with E-state index in [0.29, 0.717) is 12.1 Å². The maximum absolute atomic E-state index is 12.6. The lowest BCUT2D eigenvalue weighted by molar-refractivity contribution is 0.170. The van der Waals surface area contributed by atoms with Gasteiger partial charge in [0.25, 0.3) is 0 Å². The molecule has 16 heavy (non-hydrogen) atoms. The van der Waals surface area contributed by atoms with Gasteiger partial charge >= 0.3 is 0 Å². The average Bonchev–Trinajstić information content (AvgIpc) is 2.65. The molecule has 2 rings (SSSR count). The van der Waals surface area contributed by atoms with Crippen molar-refractivity contribution in [1.82, 2.24) is 14.5 Å². The Morgan fingerprint density at radius 3 is 2.81 bits per heavy atom. The molecule has 0 saturated heterocycles. The fraction of sp³-hybridized carbons (Fsp3) is 0.273. The lowest BCUT2D eigenvalue weighted by atomic mass is 10.1. The van der Waals surface area contributed by atoms with Gasteiger partial charge in [-0.25, -0.2) is 9.37 Å². The molecule has 0 aliphatic carbocycles. The molecule has 0 amide bonds. The van der Waals surface area contributed by atoms with Crippen LogP contribution in [0, 0.1) is 5.82 Å². The van der Waals surface area contributed by atoms with E-state index in [0.717, 1.165) is 12.0 Å². The molecule has 1 atom stereocenters. The number of hydrogen-bond donors (Lipinski definition) is 1. The molecular weight excluding hydrogens is 209 g/mol. The van der Waals surface area contributed by atoms with Crippen molar-refractivity contribution in [3.8, 4) is 0 Å². The number of aliphatic hydroxyl groups is 1. The van der Waals surface area contributed by atoms with Crippen LogP contribution in [0.5, 0.6) is 0 Å². The molecule has 4 nitrogen and oxygen atoms in total. The Bertz CT molecular complexity index is 466. The predicted octanol–water partition coefficient (Wildman–Crippen LogP) is 1.23. The summed E-state index contributed by atoms with van der Waals surface area (Å²) in [6.45, 7) is 0. The zero-order chi connectivity index (χ0) is 11.5. The van der Waals surface area contributed by atoms with Crippen LogP contribution < -0.4 is 0 Å². The van der Waals surface area contributed by atoms with Crippen LogP contribution in [-0.4, -0.2) is 19.6 Å². The third-order valence-electron chi connectivity index (χ3n) is 2.39. The van der Waals surface area contributed by atoms with Gasteiger partial charge in [0.2, 0.25) is 0 Å². The predicted molar refractivity (Wildman–Crippen MR) is 56.1 cm³/mol. The topological polar surface area (TPSA) is 50.9 Å². The maximum atomic E-state index is 12.6. The van der Waals surface area contributed by atoms with Crippen molar-refractivity contribution in [3.63, 3.8) is 0 Å². The van der Waals surface area contributed by atoms with E-state index in [1.165, 1.54) is 12.1 Å². The summed E-state index contributed by atoms with van der Waals surface area (Å²) in [7, 11) is 1.85. The molecule has 0 spiro atoms. The van der Waals surface area contributed by atoms with Crippen molar-refractivity contribution in [2.75, 3.05) is 0 Å². The Hall–Kier alpha value is -1.75. The van der Waals surface area contributed by atoms with E-state index in [9.17, 15) is 9.50 Å². The molecule has 1 N–H and O–H groups in total. The first-order valence-corrected chi connectivity index (χ1v) is 4.92.